The number of para-hydroxylation sites is 1. The summed E-state index contributed by atoms with van der Waals surface area (Å²) in [7, 11) is 3.50. The van der Waals surface area contributed by atoms with Crippen molar-refractivity contribution < 1.29 is 13.9 Å². The van der Waals surface area contributed by atoms with Crippen molar-refractivity contribution in [3.63, 3.8) is 0 Å². The van der Waals surface area contributed by atoms with Crippen molar-refractivity contribution in [2.45, 2.75) is 13.0 Å². The van der Waals surface area contributed by atoms with E-state index in [4.69, 9.17) is 9.15 Å². The molecule has 2 aromatic heterocycles. The molecule has 0 bridgehead atoms. The number of carbonyl (C=O) groups excluding carboxylic acids is 1. The summed E-state index contributed by atoms with van der Waals surface area (Å²) in [4.78, 5) is 17.7. The number of hydrogen-bond donors (Lipinski definition) is 1. The van der Waals surface area contributed by atoms with E-state index in [2.05, 4.69) is 26.2 Å². The minimum atomic E-state index is -0.502. The molecule has 4 aromatic rings. The Morgan fingerprint density at radius 3 is 2.79 bits per heavy atom. The van der Waals surface area contributed by atoms with Crippen LogP contribution in [0.1, 0.15) is 33.5 Å². The zero-order chi connectivity index (χ0) is 20.5. The van der Waals surface area contributed by atoms with Gasteiger partial charge in [0.15, 0.2) is 5.76 Å². The number of aryl methyl sites for hydroxylation is 2. The molecule has 1 N–H and O–H groups in total. The number of ether oxygens (including phenoxy) is 1. The number of benzene rings is 2. The first-order chi connectivity index (χ1) is 14.0. The van der Waals surface area contributed by atoms with Crippen LogP contribution in [-0.2, 0) is 7.05 Å². The van der Waals surface area contributed by atoms with Gasteiger partial charge in [0.1, 0.15) is 23.2 Å². The van der Waals surface area contributed by atoms with E-state index in [9.17, 15) is 4.79 Å². The van der Waals surface area contributed by atoms with Crippen LogP contribution in [0, 0.1) is 6.92 Å². The molecular weight excluding hydrogens is 434 g/mol. The Morgan fingerprint density at radius 2 is 2.07 bits per heavy atom. The molecule has 0 aliphatic heterocycles. The van der Waals surface area contributed by atoms with Gasteiger partial charge in [-0.15, -0.1) is 0 Å². The molecule has 6 nitrogen and oxygen atoms in total. The van der Waals surface area contributed by atoms with Crippen LogP contribution in [0.4, 0.5) is 0 Å². The van der Waals surface area contributed by atoms with Crippen LogP contribution >= 0.6 is 15.9 Å². The molecule has 0 spiro atoms. The zero-order valence-corrected chi connectivity index (χ0v) is 17.9. The molecule has 2 heterocycles. The highest BCUT2D eigenvalue weighted by molar-refractivity contribution is 9.10. The smallest absolute Gasteiger partial charge is 0.288 e. The van der Waals surface area contributed by atoms with E-state index >= 15 is 0 Å². The van der Waals surface area contributed by atoms with Gasteiger partial charge in [0.05, 0.1) is 7.11 Å². The number of aromatic nitrogens is 2. The normalized spacial score (nSPS) is 12.1. The van der Waals surface area contributed by atoms with Gasteiger partial charge in [-0.05, 0) is 31.2 Å². The zero-order valence-electron chi connectivity index (χ0n) is 16.3. The van der Waals surface area contributed by atoms with Crippen molar-refractivity contribution in [1.82, 2.24) is 14.9 Å². The highest BCUT2D eigenvalue weighted by atomic mass is 79.9. The Kier molecular flexibility index (Phi) is 5.15. The fraction of sp³-hybridized carbons (Fsp3) is 0.182. The Balaban J connectivity index is 1.76. The third kappa shape index (κ3) is 3.53. The van der Waals surface area contributed by atoms with Crippen LogP contribution in [0.15, 0.2) is 63.7 Å². The third-order valence-electron chi connectivity index (χ3n) is 4.95. The lowest BCUT2D eigenvalue weighted by Gasteiger charge is -2.21. The Labute approximate surface area is 176 Å². The average Bonchev–Trinajstić information content (AvgIpc) is 3.29. The molecule has 1 amide bonds. The van der Waals surface area contributed by atoms with Crippen LogP contribution in [0.2, 0.25) is 0 Å². The number of halogens is 1. The first-order valence-corrected chi connectivity index (χ1v) is 9.88. The molecule has 0 radical (unpaired) electrons. The van der Waals surface area contributed by atoms with Gasteiger partial charge in [0.25, 0.3) is 5.91 Å². The molecule has 29 heavy (non-hydrogen) atoms. The molecule has 0 saturated heterocycles. The Bertz CT molecular complexity index is 1200. The standard InChI is InChI=1S/C22H20BrN3O3/c1-13-16-12-14(23)8-9-18(16)29-20(13)22(27)25-19(21-24-10-11-26(21)2)15-6-4-5-7-17(15)28-3/h4-12,19H,1-3H3,(H,25,27)/t19-/m0/s1. The number of furan rings is 1. The fourth-order valence-corrected chi connectivity index (χ4v) is 3.81. The van der Waals surface area contributed by atoms with Crippen molar-refractivity contribution in [2.24, 2.45) is 7.05 Å². The van der Waals surface area contributed by atoms with Crippen molar-refractivity contribution >= 4 is 32.8 Å². The Hall–Kier alpha value is -3.06. The maximum atomic E-state index is 13.2. The summed E-state index contributed by atoms with van der Waals surface area (Å²) in [5.41, 5.74) is 2.27. The molecule has 0 saturated carbocycles. The van der Waals surface area contributed by atoms with Gasteiger partial charge in [-0.3, -0.25) is 4.79 Å². The SMILES string of the molecule is COc1ccccc1[C@H](NC(=O)c1oc2ccc(Br)cc2c1C)c1nccn1C. The topological polar surface area (TPSA) is 69.3 Å². The first-order valence-electron chi connectivity index (χ1n) is 9.09. The summed E-state index contributed by atoms with van der Waals surface area (Å²) in [6.45, 7) is 1.88. The molecule has 0 aliphatic carbocycles. The van der Waals surface area contributed by atoms with Gasteiger partial charge >= 0.3 is 0 Å². The van der Waals surface area contributed by atoms with Crippen molar-refractivity contribution in [3.8, 4) is 5.75 Å². The van der Waals surface area contributed by atoms with Gasteiger partial charge in [-0.2, -0.15) is 0 Å². The maximum Gasteiger partial charge on any atom is 0.288 e. The largest absolute Gasteiger partial charge is 0.496 e. The predicted octanol–water partition coefficient (Wildman–Crippen LogP) is 4.77. The fourth-order valence-electron chi connectivity index (χ4n) is 3.45. The van der Waals surface area contributed by atoms with Gasteiger partial charge in [-0.1, -0.05) is 34.1 Å². The van der Waals surface area contributed by atoms with E-state index in [1.165, 1.54) is 0 Å². The van der Waals surface area contributed by atoms with Crippen LogP contribution in [0.5, 0.6) is 5.75 Å². The lowest BCUT2D eigenvalue weighted by atomic mass is 10.0. The third-order valence-corrected chi connectivity index (χ3v) is 5.44. The van der Waals surface area contributed by atoms with E-state index in [1.54, 1.807) is 13.3 Å². The van der Waals surface area contributed by atoms with E-state index in [-0.39, 0.29) is 11.7 Å². The second-order valence-corrected chi connectivity index (χ2v) is 7.66. The summed E-state index contributed by atoms with van der Waals surface area (Å²) in [6.07, 6.45) is 3.54. The second kappa shape index (κ2) is 7.75. The number of amides is 1. The van der Waals surface area contributed by atoms with Crippen LogP contribution in [-0.4, -0.2) is 22.6 Å². The molecule has 148 valence electrons. The quantitative estimate of drug-likeness (QED) is 0.472. The van der Waals surface area contributed by atoms with Gasteiger partial charge in [-0.25, -0.2) is 4.98 Å². The van der Waals surface area contributed by atoms with Crippen LogP contribution in [0.25, 0.3) is 11.0 Å². The summed E-state index contributed by atoms with van der Waals surface area (Å²) in [5.74, 6) is 1.34. The lowest BCUT2D eigenvalue weighted by Crippen LogP contribution is -2.31. The highest BCUT2D eigenvalue weighted by Crippen LogP contribution is 2.31. The van der Waals surface area contributed by atoms with Gasteiger partial charge in [0, 0.05) is 40.4 Å². The van der Waals surface area contributed by atoms with E-state index in [0.717, 1.165) is 21.0 Å². The molecular formula is C22H20BrN3O3. The summed E-state index contributed by atoms with van der Waals surface area (Å²) >= 11 is 3.47. The van der Waals surface area contributed by atoms with Gasteiger partial charge in [0.2, 0.25) is 0 Å². The lowest BCUT2D eigenvalue weighted by molar-refractivity contribution is 0.0914. The minimum Gasteiger partial charge on any atom is -0.496 e. The predicted molar refractivity (Wildman–Crippen MR) is 114 cm³/mol. The molecule has 0 aliphatic rings. The number of fused-ring (bicyclic) bond motifs is 1. The number of rotatable bonds is 5. The van der Waals surface area contributed by atoms with Crippen molar-refractivity contribution in [1.29, 1.82) is 0 Å². The van der Waals surface area contributed by atoms with Gasteiger partial charge < -0.3 is 19.0 Å². The van der Waals surface area contributed by atoms with Crippen LogP contribution < -0.4 is 10.1 Å². The summed E-state index contributed by atoms with van der Waals surface area (Å²) in [6, 6.07) is 12.8. The van der Waals surface area contributed by atoms with E-state index in [1.807, 2.05) is 67.2 Å². The minimum absolute atomic E-state index is 0.284. The molecule has 4 rings (SSSR count). The first kappa shape index (κ1) is 19.3. The Morgan fingerprint density at radius 1 is 1.28 bits per heavy atom. The van der Waals surface area contributed by atoms with E-state index in [0.29, 0.717) is 17.2 Å². The molecule has 2 aromatic carbocycles. The number of nitrogens with zero attached hydrogens (tertiary/aromatic N) is 2. The van der Waals surface area contributed by atoms with Crippen LogP contribution in [0.3, 0.4) is 0 Å². The van der Waals surface area contributed by atoms with Crippen molar-refractivity contribution in [3.05, 3.63) is 82.0 Å². The maximum absolute atomic E-state index is 13.2. The molecule has 7 heteroatoms. The summed E-state index contributed by atoms with van der Waals surface area (Å²) < 4.78 is 14.2. The summed E-state index contributed by atoms with van der Waals surface area (Å²) in [5, 5.41) is 3.97. The number of nitrogens with one attached hydrogen (secondary N) is 1. The molecule has 1 atom stereocenters. The molecule has 0 unspecified atom stereocenters. The number of imidazole rings is 1. The monoisotopic (exact) mass is 453 g/mol. The van der Waals surface area contributed by atoms with Crippen molar-refractivity contribution in [2.75, 3.05) is 7.11 Å². The van der Waals surface area contributed by atoms with E-state index < -0.39 is 6.04 Å². The highest BCUT2D eigenvalue weighted by Gasteiger charge is 2.27. The number of hydrogen-bond acceptors (Lipinski definition) is 4. The number of carbonyl (C=O) groups is 1. The average molecular weight is 454 g/mol. The molecule has 0 fully saturated rings. The second-order valence-electron chi connectivity index (χ2n) is 6.74. The number of methoxy groups -OCH3 is 1.